The number of fused-ring (bicyclic) bond motifs is 1. The number of halogens is 4. The predicted molar refractivity (Wildman–Crippen MR) is 111 cm³/mol. The number of imidazole rings is 1. The van der Waals surface area contributed by atoms with Crippen LogP contribution >= 0.6 is 0 Å². The van der Waals surface area contributed by atoms with Gasteiger partial charge in [-0.05, 0) is 43.2 Å². The van der Waals surface area contributed by atoms with Crippen molar-refractivity contribution in [2.45, 2.75) is 46.2 Å². The summed E-state index contributed by atoms with van der Waals surface area (Å²) in [4.78, 5) is 23.3. The molecule has 1 aromatic carbocycles. The van der Waals surface area contributed by atoms with Crippen molar-refractivity contribution in [1.29, 1.82) is 0 Å². The van der Waals surface area contributed by atoms with E-state index in [1.807, 2.05) is 18.4 Å². The Morgan fingerprint density at radius 2 is 1.88 bits per heavy atom. The van der Waals surface area contributed by atoms with E-state index < -0.39 is 34.7 Å². The average Bonchev–Trinajstić information content (AvgIpc) is 3.51. The highest BCUT2D eigenvalue weighted by molar-refractivity contribution is 5.94. The van der Waals surface area contributed by atoms with Crippen LogP contribution in [-0.2, 0) is 13.1 Å². The van der Waals surface area contributed by atoms with E-state index in [9.17, 15) is 22.4 Å². The molecule has 1 fully saturated rings. The zero-order chi connectivity index (χ0) is 23.0. The van der Waals surface area contributed by atoms with Gasteiger partial charge in [-0.15, -0.1) is 0 Å². The molecular weight excluding hydrogens is 424 g/mol. The first-order chi connectivity index (χ1) is 15.3. The van der Waals surface area contributed by atoms with Crippen LogP contribution in [0.15, 0.2) is 24.4 Å². The van der Waals surface area contributed by atoms with Gasteiger partial charge in [-0.3, -0.25) is 4.79 Å². The number of amides is 1. The molecule has 1 amide bonds. The average molecular weight is 448 g/mol. The molecule has 0 N–H and O–H groups in total. The van der Waals surface area contributed by atoms with Crippen molar-refractivity contribution in [3.63, 3.8) is 0 Å². The van der Waals surface area contributed by atoms with E-state index in [2.05, 4.69) is 9.97 Å². The Kier molecular flexibility index (Phi) is 6.17. The van der Waals surface area contributed by atoms with Gasteiger partial charge < -0.3 is 9.47 Å². The molecule has 4 rings (SSSR count). The fraction of sp³-hybridized carbons (Fsp3) is 0.435. The second kappa shape index (κ2) is 8.88. The third-order valence-corrected chi connectivity index (χ3v) is 5.64. The van der Waals surface area contributed by atoms with Gasteiger partial charge in [-0.2, -0.15) is 0 Å². The molecule has 0 saturated heterocycles. The molecule has 32 heavy (non-hydrogen) atoms. The Labute approximate surface area is 183 Å². The summed E-state index contributed by atoms with van der Waals surface area (Å²) >= 11 is 0. The van der Waals surface area contributed by atoms with Gasteiger partial charge in [0.2, 0.25) is 0 Å². The normalized spacial score (nSPS) is 13.8. The lowest BCUT2D eigenvalue weighted by atomic mass is 10.1. The Morgan fingerprint density at radius 1 is 1.19 bits per heavy atom. The third-order valence-electron chi connectivity index (χ3n) is 5.64. The molecule has 0 unspecified atom stereocenters. The number of pyridine rings is 1. The highest BCUT2D eigenvalue weighted by Gasteiger charge is 2.30. The van der Waals surface area contributed by atoms with Crippen LogP contribution < -0.4 is 0 Å². The zero-order valence-electron chi connectivity index (χ0n) is 17.9. The van der Waals surface area contributed by atoms with Crippen molar-refractivity contribution < 1.29 is 22.4 Å². The van der Waals surface area contributed by atoms with Crippen molar-refractivity contribution in [1.82, 2.24) is 19.4 Å². The van der Waals surface area contributed by atoms with E-state index in [1.165, 1.54) is 4.90 Å². The lowest BCUT2D eigenvalue weighted by molar-refractivity contribution is 0.0716. The van der Waals surface area contributed by atoms with Crippen LogP contribution in [0.4, 0.5) is 17.6 Å². The van der Waals surface area contributed by atoms with Crippen LogP contribution in [0, 0.1) is 35.1 Å². The molecule has 170 valence electrons. The first kappa shape index (κ1) is 22.2. The van der Waals surface area contributed by atoms with Crippen LogP contribution in [0.2, 0.25) is 0 Å². The largest absolute Gasteiger partial charge is 0.331 e. The third kappa shape index (κ3) is 4.47. The maximum absolute atomic E-state index is 14.4. The number of hydrogen-bond acceptors (Lipinski definition) is 3. The number of hydrogen-bond donors (Lipinski definition) is 0. The van der Waals surface area contributed by atoms with E-state index in [0.717, 1.165) is 12.8 Å². The molecule has 0 atom stereocenters. The molecule has 3 aromatic rings. The molecule has 2 aromatic heterocycles. The van der Waals surface area contributed by atoms with Crippen molar-refractivity contribution in [3.8, 4) is 0 Å². The van der Waals surface area contributed by atoms with Gasteiger partial charge in [0.05, 0.1) is 6.54 Å². The molecule has 9 heteroatoms. The second-order valence-corrected chi connectivity index (χ2v) is 8.68. The van der Waals surface area contributed by atoms with Gasteiger partial charge >= 0.3 is 0 Å². The lowest BCUT2D eigenvalue weighted by Gasteiger charge is -2.24. The molecular formula is C23H24F4N4O. The summed E-state index contributed by atoms with van der Waals surface area (Å²) in [5, 5.41) is 0. The van der Waals surface area contributed by atoms with Gasteiger partial charge in [0, 0.05) is 25.4 Å². The van der Waals surface area contributed by atoms with E-state index in [-0.39, 0.29) is 25.1 Å². The van der Waals surface area contributed by atoms with Crippen molar-refractivity contribution in [2.24, 2.45) is 11.8 Å². The van der Waals surface area contributed by atoms with Crippen LogP contribution in [0.25, 0.3) is 11.2 Å². The minimum absolute atomic E-state index is 0.0638. The highest BCUT2D eigenvalue weighted by Crippen LogP contribution is 2.32. The standard InChI is InChI=1S/C23H24F4N4O/c1-13(2)7-9-30(23(32)19-20(26)15(24)10-16(25)21(19)27)12-18-29-17-4-3-8-28-22(17)31(18)11-14-5-6-14/h3-4,8,10,13-14H,5-7,9,11-12H2,1-2H3. The fourth-order valence-corrected chi connectivity index (χ4v) is 3.63. The van der Waals surface area contributed by atoms with Crippen molar-refractivity contribution >= 4 is 17.1 Å². The lowest BCUT2D eigenvalue weighted by Crippen LogP contribution is -2.35. The maximum Gasteiger partial charge on any atom is 0.260 e. The van der Waals surface area contributed by atoms with Crippen LogP contribution in [0.5, 0.6) is 0 Å². The van der Waals surface area contributed by atoms with E-state index in [4.69, 9.17) is 0 Å². The molecule has 0 bridgehead atoms. The van der Waals surface area contributed by atoms with Gasteiger partial charge in [-0.25, -0.2) is 27.5 Å². The number of carbonyl (C=O) groups is 1. The van der Waals surface area contributed by atoms with Crippen LogP contribution in [0.3, 0.4) is 0 Å². The number of aromatic nitrogens is 3. The Morgan fingerprint density at radius 3 is 2.50 bits per heavy atom. The minimum atomic E-state index is -1.70. The minimum Gasteiger partial charge on any atom is -0.331 e. The predicted octanol–water partition coefficient (Wildman–Crippen LogP) is 5.09. The molecule has 5 nitrogen and oxygen atoms in total. The van der Waals surface area contributed by atoms with Gasteiger partial charge in [0.25, 0.3) is 5.91 Å². The van der Waals surface area contributed by atoms with Crippen LogP contribution in [-0.4, -0.2) is 31.9 Å². The summed E-state index contributed by atoms with van der Waals surface area (Å²) < 4.78 is 58.2. The zero-order valence-corrected chi connectivity index (χ0v) is 17.9. The monoisotopic (exact) mass is 448 g/mol. The maximum atomic E-state index is 14.4. The number of nitrogens with zero attached hydrogens (tertiary/aromatic N) is 4. The first-order valence-electron chi connectivity index (χ1n) is 10.7. The van der Waals surface area contributed by atoms with E-state index in [1.54, 1.807) is 18.3 Å². The molecule has 0 spiro atoms. The smallest absolute Gasteiger partial charge is 0.260 e. The molecule has 1 aliphatic carbocycles. The summed E-state index contributed by atoms with van der Waals surface area (Å²) in [6, 6.07) is 3.65. The van der Waals surface area contributed by atoms with Gasteiger partial charge in [0.1, 0.15) is 16.9 Å². The Balaban J connectivity index is 1.73. The quantitative estimate of drug-likeness (QED) is 0.357. The summed E-state index contributed by atoms with van der Waals surface area (Å²) in [6.07, 6.45) is 4.36. The highest BCUT2D eigenvalue weighted by atomic mass is 19.2. The molecule has 1 saturated carbocycles. The SMILES string of the molecule is CC(C)CCN(Cc1nc2cccnc2n1CC1CC1)C(=O)c1c(F)c(F)cc(F)c1F. The summed E-state index contributed by atoms with van der Waals surface area (Å²) in [5.74, 6) is -6.54. The summed E-state index contributed by atoms with van der Waals surface area (Å²) in [6.45, 7) is 4.64. The number of rotatable bonds is 8. The summed E-state index contributed by atoms with van der Waals surface area (Å²) in [7, 11) is 0. The van der Waals surface area contributed by atoms with E-state index >= 15 is 0 Å². The second-order valence-electron chi connectivity index (χ2n) is 8.68. The van der Waals surface area contributed by atoms with Crippen LogP contribution in [0.1, 0.15) is 49.3 Å². The van der Waals surface area contributed by atoms with Gasteiger partial charge in [0.15, 0.2) is 28.9 Å². The molecule has 0 aliphatic heterocycles. The summed E-state index contributed by atoms with van der Waals surface area (Å²) in [5.41, 5.74) is 0.0858. The molecule has 1 aliphatic rings. The number of carbonyl (C=O) groups excluding carboxylic acids is 1. The topological polar surface area (TPSA) is 51.0 Å². The molecule has 2 heterocycles. The van der Waals surface area contributed by atoms with E-state index in [0.29, 0.717) is 35.9 Å². The number of benzene rings is 1. The first-order valence-corrected chi connectivity index (χ1v) is 10.7. The van der Waals surface area contributed by atoms with Crippen molar-refractivity contribution in [3.05, 3.63) is 59.1 Å². The van der Waals surface area contributed by atoms with Crippen molar-refractivity contribution in [2.75, 3.05) is 6.54 Å². The van der Waals surface area contributed by atoms with Gasteiger partial charge in [-0.1, -0.05) is 13.8 Å². The Hall–Kier alpha value is -2.97. The fourth-order valence-electron chi connectivity index (χ4n) is 3.63. The Bertz CT molecular complexity index is 1130. The molecule has 0 radical (unpaired) electrons.